The van der Waals surface area contributed by atoms with Crippen molar-refractivity contribution in [3.05, 3.63) is 0 Å². The minimum Gasteiger partial charge on any atom is -0.394 e. The summed E-state index contributed by atoms with van der Waals surface area (Å²) in [6, 6.07) is 0. The van der Waals surface area contributed by atoms with Crippen molar-refractivity contribution in [2.45, 2.75) is 46.6 Å². The van der Waals surface area contributed by atoms with Gasteiger partial charge in [-0.25, -0.2) is 0 Å². The SMILES string of the molecule is CC(C)CCOCC(CO)OCCC(C)C. The van der Waals surface area contributed by atoms with Gasteiger partial charge in [-0.1, -0.05) is 27.7 Å². The highest BCUT2D eigenvalue weighted by Crippen LogP contribution is 2.03. The summed E-state index contributed by atoms with van der Waals surface area (Å²) in [7, 11) is 0. The largest absolute Gasteiger partial charge is 0.394 e. The molecule has 0 fully saturated rings. The molecule has 0 radical (unpaired) electrons. The molecule has 98 valence electrons. The van der Waals surface area contributed by atoms with Gasteiger partial charge >= 0.3 is 0 Å². The summed E-state index contributed by atoms with van der Waals surface area (Å²) in [5.41, 5.74) is 0. The van der Waals surface area contributed by atoms with Gasteiger partial charge in [-0.05, 0) is 24.7 Å². The Morgan fingerprint density at radius 3 is 2.00 bits per heavy atom. The lowest BCUT2D eigenvalue weighted by atomic mass is 10.1. The predicted octanol–water partition coefficient (Wildman–Crippen LogP) is 2.47. The van der Waals surface area contributed by atoms with Crippen LogP contribution in [0.15, 0.2) is 0 Å². The first-order valence-corrected chi connectivity index (χ1v) is 6.36. The first kappa shape index (κ1) is 15.9. The molecular weight excluding hydrogens is 204 g/mol. The maximum absolute atomic E-state index is 9.09. The van der Waals surface area contributed by atoms with Crippen LogP contribution in [0.2, 0.25) is 0 Å². The molecule has 0 bridgehead atoms. The van der Waals surface area contributed by atoms with Gasteiger partial charge in [-0.2, -0.15) is 0 Å². The van der Waals surface area contributed by atoms with Crippen molar-refractivity contribution in [3.8, 4) is 0 Å². The van der Waals surface area contributed by atoms with Crippen LogP contribution in [0.25, 0.3) is 0 Å². The maximum Gasteiger partial charge on any atom is 0.104 e. The van der Waals surface area contributed by atoms with E-state index in [0.717, 1.165) is 19.4 Å². The number of aliphatic hydroxyl groups is 1. The quantitative estimate of drug-likeness (QED) is 0.588. The van der Waals surface area contributed by atoms with Crippen LogP contribution in [0.4, 0.5) is 0 Å². The summed E-state index contributed by atoms with van der Waals surface area (Å²) in [4.78, 5) is 0. The lowest BCUT2D eigenvalue weighted by Crippen LogP contribution is -2.25. The molecular formula is C13H28O3. The minimum absolute atomic E-state index is 0.0414. The van der Waals surface area contributed by atoms with E-state index in [2.05, 4.69) is 27.7 Å². The summed E-state index contributed by atoms with van der Waals surface area (Å²) < 4.78 is 11.0. The van der Waals surface area contributed by atoms with Crippen molar-refractivity contribution in [2.24, 2.45) is 11.8 Å². The Bertz CT molecular complexity index is 146. The Morgan fingerprint density at radius 1 is 0.938 bits per heavy atom. The molecule has 0 aromatic heterocycles. The average Bonchev–Trinajstić information content (AvgIpc) is 2.20. The highest BCUT2D eigenvalue weighted by Gasteiger charge is 2.08. The van der Waals surface area contributed by atoms with Gasteiger partial charge in [-0.15, -0.1) is 0 Å². The minimum atomic E-state index is -0.161. The van der Waals surface area contributed by atoms with Crippen molar-refractivity contribution >= 4 is 0 Å². The number of hydrogen-bond acceptors (Lipinski definition) is 3. The first-order valence-electron chi connectivity index (χ1n) is 6.36. The van der Waals surface area contributed by atoms with E-state index in [9.17, 15) is 0 Å². The molecule has 0 heterocycles. The summed E-state index contributed by atoms with van der Waals surface area (Å²) in [5.74, 6) is 1.30. The summed E-state index contributed by atoms with van der Waals surface area (Å²) in [6.45, 7) is 10.7. The lowest BCUT2D eigenvalue weighted by molar-refractivity contribution is -0.0462. The van der Waals surface area contributed by atoms with E-state index >= 15 is 0 Å². The van der Waals surface area contributed by atoms with Gasteiger partial charge in [0.15, 0.2) is 0 Å². The van der Waals surface area contributed by atoms with E-state index in [0.29, 0.717) is 25.0 Å². The Morgan fingerprint density at radius 2 is 1.50 bits per heavy atom. The van der Waals surface area contributed by atoms with Gasteiger partial charge in [0.2, 0.25) is 0 Å². The standard InChI is InChI=1S/C13H28O3/c1-11(2)5-7-15-10-13(9-14)16-8-6-12(3)4/h11-14H,5-10H2,1-4H3. The van der Waals surface area contributed by atoms with Crippen LogP contribution in [0.5, 0.6) is 0 Å². The zero-order valence-corrected chi connectivity index (χ0v) is 11.2. The van der Waals surface area contributed by atoms with E-state index in [1.54, 1.807) is 0 Å². The van der Waals surface area contributed by atoms with Crippen LogP contribution in [0.1, 0.15) is 40.5 Å². The summed E-state index contributed by atoms with van der Waals surface area (Å²) in [5, 5.41) is 9.09. The predicted molar refractivity (Wildman–Crippen MR) is 66.6 cm³/mol. The van der Waals surface area contributed by atoms with Crippen LogP contribution in [-0.4, -0.2) is 37.6 Å². The van der Waals surface area contributed by atoms with Gasteiger partial charge in [0.05, 0.1) is 13.2 Å². The highest BCUT2D eigenvalue weighted by molar-refractivity contribution is 4.55. The van der Waals surface area contributed by atoms with E-state index in [-0.39, 0.29) is 12.7 Å². The molecule has 0 aromatic rings. The number of aliphatic hydroxyl groups excluding tert-OH is 1. The normalized spacial score (nSPS) is 13.7. The molecule has 0 aliphatic rings. The number of hydrogen-bond donors (Lipinski definition) is 1. The molecule has 1 N–H and O–H groups in total. The fraction of sp³-hybridized carbons (Fsp3) is 1.00. The van der Waals surface area contributed by atoms with Crippen molar-refractivity contribution in [3.63, 3.8) is 0 Å². The second-order valence-electron chi connectivity index (χ2n) is 5.12. The Labute approximate surface area is 100 Å². The Kier molecular flexibility index (Phi) is 9.99. The second kappa shape index (κ2) is 10.1. The monoisotopic (exact) mass is 232 g/mol. The molecule has 1 unspecified atom stereocenters. The Balaban J connectivity index is 3.44. The fourth-order valence-electron chi connectivity index (χ4n) is 1.16. The van der Waals surface area contributed by atoms with E-state index in [1.165, 1.54) is 0 Å². The Hall–Kier alpha value is -0.120. The molecule has 0 spiro atoms. The molecule has 0 aliphatic heterocycles. The third kappa shape index (κ3) is 10.4. The molecule has 0 aliphatic carbocycles. The van der Waals surface area contributed by atoms with Crippen LogP contribution in [0, 0.1) is 11.8 Å². The van der Waals surface area contributed by atoms with Crippen molar-refractivity contribution in [1.29, 1.82) is 0 Å². The average molecular weight is 232 g/mol. The molecule has 3 heteroatoms. The van der Waals surface area contributed by atoms with Gasteiger partial charge < -0.3 is 14.6 Å². The van der Waals surface area contributed by atoms with Gasteiger partial charge in [0.25, 0.3) is 0 Å². The van der Waals surface area contributed by atoms with E-state index in [4.69, 9.17) is 14.6 Å². The fourth-order valence-corrected chi connectivity index (χ4v) is 1.16. The van der Waals surface area contributed by atoms with Crippen molar-refractivity contribution in [1.82, 2.24) is 0 Å². The van der Waals surface area contributed by atoms with Crippen LogP contribution >= 0.6 is 0 Å². The first-order chi connectivity index (χ1) is 7.56. The smallest absolute Gasteiger partial charge is 0.104 e. The third-order valence-electron chi connectivity index (χ3n) is 2.40. The molecule has 0 rings (SSSR count). The molecule has 0 amide bonds. The zero-order valence-electron chi connectivity index (χ0n) is 11.2. The van der Waals surface area contributed by atoms with Crippen LogP contribution < -0.4 is 0 Å². The topological polar surface area (TPSA) is 38.7 Å². The molecule has 16 heavy (non-hydrogen) atoms. The van der Waals surface area contributed by atoms with E-state index < -0.39 is 0 Å². The van der Waals surface area contributed by atoms with Gasteiger partial charge in [0, 0.05) is 13.2 Å². The van der Waals surface area contributed by atoms with Crippen LogP contribution in [-0.2, 0) is 9.47 Å². The third-order valence-corrected chi connectivity index (χ3v) is 2.40. The van der Waals surface area contributed by atoms with Gasteiger partial charge in [-0.3, -0.25) is 0 Å². The maximum atomic E-state index is 9.09. The molecule has 0 aromatic carbocycles. The van der Waals surface area contributed by atoms with Crippen LogP contribution in [0.3, 0.4) is 0 Å². The number of rotatable bonds is 10. The highest BCUT2D eigenvalue weighted by atomic mass is 16.5. The number of ether oxygens (including phenoxy) is 2. The summed E-state index contributed by atoms with van der Waals surface area (Å²) in [6.07, 6.45) is 1.93. The molecule has 0 saturated heterocycles. The zero-order chi connectivity index (χ0) is 12.4. The van der Waals surface area contributed by atoms with Crippen molar-refractivity contribution < 1.29 is 14.6 Å². The van der Waals surface area contributed by atoms with Crippen molar-refractivity contribution in [2.75, 3.05) is 26.4 Å². The molecule has 3 nitrogen and oxygen atoms in total. The summed E-state index contributed by atoms with van der Waals surface area (Å²) >= 11 is 0. The lowest BCUT2D eigenvalue weighted by Gasteiger charge is -2.16. The van der Waals surface area contributed by atoms with E-state index in [1.807, 2.05) is 0 Å². The molecule has 0 saturated carbocycles. The second-order valence-corrected chi connectivity index (χ2v) is 5.12. The van der Waals surface area contributed by atoms with Gasteiger partial charge in [0.1, 0.15) is 6.10 Å². The molecule has 1 atom stereocenters.